The highest BCUT2D eigenvalue weighted by molar-refractivity contribution is 6.09. The molecule has 170 valence electrons. The lowest BCUT2D eigenvalue weighted by Gasteiger charge is -2.14. The summed E-state index contributed by atoms with van der Waals surface area (Å²) in [6.07, 6.45) is 5.34. The first-order chi connectivity index (χ1) is 16.7. The van der Waals surface area contributed by atoms with Gasteiger partial charge in [-0.05, 0) is 36.8 Å². The van der Waals surface area contributed by atoms with Crippen LogP contribution in [0.2, 0.25) is 0 Å². The van der Waals surface area contributed by atoms with Gasteiger partial charge in [0.2, 0.25) is 5.91 Å². The summed E-state index contributed by atoms with van der Waals surface area (Å²) in [5.41, 5.74) is 2.29. The smallest absolute Gasteiger partial charge is 0.243 e. The van der Waals surface area contributed by atoms with Crippen molar-refractivity contribution in [1.29, 1.82) is 0 Å². The minimum Gasteiger partial charge on any atom is -0.457 e. The lowest BCUT2D eigenvalue weighted by molar-refractivity contribution is -0.116. The Labute approximate surface area is 195 Å². The Bertz CT molecular complexity index is 1460. The first kappa shape index (κ1) is 21.2. The van der Waals surface area contributed by atoms with E-state index in [9.17, 15) is 4.79 Å². The van der Waals surface area contributed by atoms with Crippen LogP contribution in [0.4, 0.5) is 11.5 Å². The number of hydrogen-bond acceptors (Lipinski definition) is 6. The van der Waals surface area contributed by atoms with Crippen LogP contribution in [0.25, 0.3) is 22.1 Å². The molecule has 9 heteroatoms. The molecule has 0 unspecified atom stereocenters. The second-order valence-corrected chi connectivity index (χ2v) is 7.61. The molecule has 3 heterocycles. The number of amides is 1. The van der Waals surface area contributed by atoms with Gasteiger partial charge in [0, 0.05) is 31.0 Å². The van der Waals surface area contributed by atoms with Crippen LogP contribution >= 0.6 is 0 Å². The molecular weight excluding hydrogens is 430 g/mol. The topological polar surface area (TPSA) is 110 Å². The van der Waals surface area contributed by atoms with Crippen LogP contribution in [-0.2, 0) is 11.3 Å². The van der Waals surface area contributed by atoms with E-state index in [0.29, 0.717) is 31.1 Å². The van der Waals surface area contributed by atoms with Gasteiger partial charge in [0.1, 0.15) is 17.1 Å². The van der Waals surface area contributed by atoms with E-state index in [-0.39, 0.29) is 5.91 Å². The van der Waals surface area contributed by atoms with Crippen molar-refractivity contribution in [2.45, 2.75) is 13.0 Å². The summed E-state index contributed by atoms with van der Waals surface area (Å²) in [6, 6.07) is 17.3. The van der Waals surface area contributed by atoms with E-state index in [1.165, 1.54) is 6.08 Å². The number of benzene rings is 2. The Balaban J connectivity index is 1.43. The molecular formula is C25H23N7O2. The van der Waals surface area contributed by atoms with Gasteiger partial charge in [-0.25, -0.2) is 14.6 Å². The van der Waals surface area contributed by atoms with E-state index >= 15 is 0 Å². The average molecular weight is 454 g/mol. The Morgan fingerprint density at radius 1 is 1.12 bits per heavy atom. The zero-order valence-corrected chi connectivity index (χ0v) is 18.4. The summed E-state index contributed by atoms with van der Waals surface area (Å²) in [7, 11) is 0. The minimum atomic E-state index is -0.195. The third kappa shape index (κ3) is 4.44. The van der Waals surface area contributed by atoms with Gasteiger partial charge in [0.15, 0.2) is 11.5 Å². The molecule has 34 heavy (non-hydrogen) atoms. The molecule has 0 aliphatic heterocycles. The number of nitrogens with zero attached hydrogens (tertiary/aromatic N) is 4. The Morgan fingerprint density at radius 3 is 2.82 bits per heavy atom. The number of aryl methyl sites for hydroxylation is 1. The highest BCUT2D eigenvalue weighted by Crippen LogP contribution is 2.31. The maximum atomic E-state index is 11.4. The zero-order chi connectivity index (χ0) is 23.3. The van der Waals surface area contributed by atoms with Gasteiger partial charge < -0.3 is 20.4 Å². The predicted octanol–water partition coefficient (Wildman–Crippen LogP) is 4.54. The van der Waals surface area contributed by atoms with Crippen LogP contribution < -0.4 is 15.4 Å². The monoisotopic (exact) mass is 453 g/mol. The standard InChI is InChI=1S/C25H23N7O2/c1-2-21(33)26-12-7-13-32-25-22-20(15-27-24(22)28-16-29-25)23(31-32)30-17-8-6-11-19(14-17)34-18-9-4-3-5-10-18/h2-6,8-11,14-16H,1,7,12-13H2,(H,26,33)(H,30,31)(H,27,28,29). The fourth-order valence-corrected chi connectivity index (χ4v) is 3.70. The summed E-state index contributed by atoms with van der Waals surface area (Å²) in [4.78, 5) is 23.5. The SMILES string of the molecule is C=CC(=O)NCCCn1nc(Nc2cccc(Oc3ccccc3)c2)c2cnc3[nH]cnc1c32. The normalized spacial score (nSPS) is 10.9. The number of aromatic amines is 1. The molecule has 0 atom stereocenters. The van der Waals surface area contributed by atoms with Crippen molar-refractivity contribution in [3.8, 4) is 11.5 Å². The van der Waals surface area contributed by atoms with Crippen LogP contribution in [0.15, 0.2) is 79.8 Å². The second kappa shape index (κ2) is 9.45. The molecule has 9 nitrogen and oxygen atoms in total. The molecule has 0 spiro atoms. The third-order valence-corrected chi connectivity index (χ3v) is 5.27. The first-order valence-corrected chi connectivity index (χ1v) is 10.9. The summed E-state index contributed by atoms with van der Waals surface area (Å²) in [5, 5.41) is 12.8. The molecule has 1 amide bonds. The van der Waals surface area contributed by atoms with Crippen molar-refractivity contribution < 1.29 is 9.53 Å². The maximum absolute atomic E-state index is 11.4. The van der Waals surface area contributed by atoms with E-state index in [4.69, 9.17) is 9.84 Å². The van der Waals surface area contributed by atoms with Gasteiger partial charge in [-0.3, -0.25) is 4.79 Å². The number of anilines is 2. The predicted molar refractivity (Wildman–Crippen MR) is 131 cm³/mol. The molecule has 0 bridgehead atoms. The minimum absolute atomic E-state index is 0.195. The van der Waals surface area contributed by atoms with Crippen LogP contribution in [-0.4, -0.2) is 37.2 Å². The number of H-pyrrole nitrogens is 1. The van der Waals surface area contributed by atoms with Gasteiger partial charge >= 0.3 is 0 Å². The van der Waals surface area contributed by atoms with Crippen molar-refractivity contribution in [3.05, 3.63) is 79.8 Å². The van der Waals surface area contributed by atoms with Gasteiger partial charge in [-0.2, -0.15) is 5.10 Å². The number of aromatic nitrogens is 5. The molecule has 3 N–H and O–H groups in total. The molecule has 5 rings (SSSR count). The number of rotatable bonds is 9. The van der Waals surface area contributed by atoms with Crippen molar-refractivity contribution in [2.75, 3.05) is 11.9 Å². The summed E-state index contributed by atoms with van der Waals surface area (Å²) in [5.74, 6) is 1.94. The van der Waals surface area contributed by atoms with Crippen LogP contribution in [0, 0.1) is 0 Å². The molecule has 0 fully saturated rings. The van der Waals surface area contributed by atoms with Crippen LogP contribution in [0.1, 0.15) is 6.42 Å². The number of ether oxygens (including phenoxy) is 1. The van der Waals surface area contributed by atoms with Gasteiger partial charge in [0.25, 0.3) is 0 Å². The quantitative estimate of drug-likeness (QED) is 0.223. The Kier molecular flexibility index (Phi) is 5.89. The van der Waals surface area contributed by atoms with Gasteiger partial charge in [-0.1, -0.05) is 30.8 Å². The lowest BCUT2D eigenvalue weighted by Crippen LogP contribution is -2.23. The van der Waals surface area contributed by atoms with Gasteiger partial charge in [0.05, 0.1) is 17.1 Å². The van der Waals surface area contributed by atoms with Gasteiger partial charge in [-0.15, -0.1) is 0 Å². The van der Waals surface area contributed by atoms with Crippen molar-refractivity contribution in [3.63, 3.8) is 0 Å². The highest BCUT2D eigenvalue weighted by atomic mass is 16.5. The van der Waals surface area contributed by atoms with E-state index in [1.807, 2.05) is 59.3 Å². The van der Waals surface area contributed by atoms with E-state index in [2.05, 4.69) is 32.2 Å². The zero-order valence-electron chi connectivity index (χ0n) is 18.4. The summed E-state index contributed by atoms with van der Waals surface area (Å²) < 4.78 is 7.79. The number of hydrogen-bond donors (Lipinski definition) is 3. The van der Waals surface area contributed by atoms with E-state index in [1.54, 1.807) is 12.5 Å². The lowest BCUT2D eigenvalue weighted by atomic mass is 10.2. The van der Waals surface area contributed by atoms with E-state index < -0.39 is 0 Å². The largest absolute Gasteiger partial charge is 0.457 e. The number of carbonyl (C=O) groups excluding carboxylic acids is 1. The number of para-hydroxylation sites is 1. The fourth-order valence-electron chi connectivity index (χ4n) is 3.70. The second-order valence-electron chi connectivity index (χ2n) is 7.61. The maximum Gasteiger partial charge on any atom is 0.243 e. The van der Waals surface area contributed by atoms with Crippen LogP contribution in [0.3, 0.4) is 0 Å². The fraction of sp³-hybridized carbons (Fsp3) is 0.120. The highest BCUT2D eigenvalue weighted by Gasteiger charge is 2.16. The number of carbonyl (C=O) groups is 1. The van der Waals surface area contributed by atoms with Crippen molar-refractivity contribution in [1.82, 2.24) is 30.0 Å². The van der Waals surface area contributed by atoms with E-state index in [0.717, 1.165) is 33.5 Å². The summed E-state index contributed by atoms with van der Waals surface area (Å²) in [6.45, 7) is 4.54. The Hall–Kier alpha value is -4.66. The van der Waals surface area contributed by atoms with Crippen molar-refractivity contribution in [2.24, 2.45) is 0 Å². The van der Waals surface area contributed by atoms with Crippen molar-refractivity contribution >= 4 is 39.5 Å². The molecule has 0 saturated heterocycles. The molecule has 3 aromatic heterocycles. The summed E-state index contributed by atoms with van der Waals surface area (Å²) >= 11 is 0. The number of nitrogens with one attached hydrogen (secondary N) is 3. The molecule has 2 aromatic carbocycles. The molecule has 0 radical (unpaired) electrons. The molecule has 0 saturated carbocycles. The third-order valence-electron chi connectivity index (χ3n) is 5.27. The van der Waals surface area contributed by atoms with Crippen LogP contribution in [0.5, 0.6) is 11.5 Å². The first-order valence-electron chi connectivity index (χ1n) is 10.9. The average Bonchev–Trinajstić information content (AvgIpc) is 3.30. The molecule has 0 aliphatic carbocycles. The molecule has 0 aliphatic rings. The molecule has 5 aromatic rings. The Morgan fingerprint density at radius 2 is 1.97 bits per heavy atom.